The molecule has 1 aromatic heterocycles. The number of aromatic nitrogens is 1. The van der Waals surface area contributed by atoms with Gasteiger partial charge in [0.1, 0.15) is 0 Å². The minimum absolute atomic E-state index is 0.0699. The second-order valence-electron chi connectivity index (χ2n) is 6.52. The minimum atomic E-state index is 0.0699. The summed E-state index contributed by atoms with van der Waals surface area (Å²) >= 11 is 0. The Balaban J connectivity index is 1.51. The highest BCUT2D eigenvalue weighted by Gasteiger charge is 2.34. The molecule has 3 heterocycles. The summed E-state index contributed by atoms with van der Waals surface area (Å²) in [5.41, 5.74) is 1.28. The van der Waals surface area contributed by atoms with E-state index < -0.39 is 0 Å². The number of amides is 1. The van der Waals surface area contributed by atoms with Crippen LogP contribution in [0.3, 0.4) is 0 Å². The van der Waals surface area contributed by atoms with Gasteiger partial charge in [0.25, 0.3) is 0 Å². The van der Waals surface area contributed by atoms with E-state index in [1.807, 2.05) is 17.3 Å². The lowest BCUT2D eigenvalue weighted by Crippen LogP contribution is -2.52. The molecule has 0 N–H and O–H groups in total. The predicted octanol–water partition coefficient (Wildman–Crippen LogP) is 1.93. The number of ether oxygens (including phenoxy) is 1. The second-order valence-corrected chi connectivity index (χ2v) is 6.52. The third-order valence-corrected chi connectivity index (χ3v) is 5.00. The molecule has 0 aromatic carbocycles. The molecule has 0 aliphatic carbocycles. The molecule has 2 aliphatic rings. The largest absolute Gasteiger partial charge is 0.377 e. The van der Waals surface area contributed by atoms with Gasteiger partial charge in [-0.05, 0) is 37.0 Å². The molecular weight excluding hydrogens is 290 g/mol. The average molecular weight is 317 g/mol. The highest BCUT2D eigenvalue weighted by Crippen LogP contribution is 2.25. The van der Waals surface area contributed by atoms with E-state index in [9.17, 15) is 4.79 Å². The smallest absolute Gasteiger partial charge is 0.228 e. The van der Waals surface area contributed by atoms with E-state index >= 15 is 0 Å². The van der Waals surface area contributed by atoms with Crippen molar-refractivity contribution in [1.82, 2.24) is 14.8 Å². The maximum Gasteiger partial charge on any atom is 0.228 e. The van der Waals surface area contributed by atoms with Gasteiger partial charge >= 0.3 is 0 Å². The fraction of sp³-hybridized carbons (Fsp3) is 0.667. The standard InChI is InChI=1S/C18H27N3O2/c1-2-17-16(4-3-13-23-17)18(22)21-11-9-20(10-12-21)14-15-5-7-19-8-6-15/h5-8,16-17H,2-4,9-14H2,1H3/t16-,17+/m0/s1. The molecule has 2 saturated heterocycles. The van der Waals surface area contributed by atoms with Crippen LogP contribution in [-0.2, 0) is 16.1 Å². The maximum atomic E-state index is 12.8. The lowest BCUT2D eigenvalue weighted by molar-refractivity contribution is -0.147. The molecule has 0 unspecified atom stereocenters. The molecule has 0 radical (unpaired) electrons. The van der Waals surface area contributed by atoms with Crippen molar-refractivity contribution in [1.29, 1.82) is 0 Å². The van der Waals surface area contributed by atoms with E-state index in [-0.39, 0.29) is 12.0 Å². The first-order valence-corrected chi connectivity index (χ1v) is 8.79. The Labute approximate surface area is 138 Å². The second kappa shape index (κ2) is 7.88. The van der Waals surface area contributed by atoms with Gasteiger partial charge in [-0.25, -0.2) is 0 Å². The Hall–Kier alpha value is -1.46. The lowest BCUT2D eigenvalue weighted by atomic mass is 9.91. The molecule has 1 amide bonds. The quantitative estimate of drug-likeness (QED) is 0.851. The molecule has 23 heavy (non-hydrogen) atoms. The number of carbonyl (C=O) groups is 1. The van der Waals surface area contributed by atoms with Crippen LogP contribution in [0.4, 0.5) is 0 Å². The number of nitrogens with zero attached hydrogens (tertiary/aromatic N) is 3. The van der Waals surface area contributed by atoms with Crippen molar-refractivity contribution in [3.8, 4) is 0 Å². The van der Waals surface area contributed by atoms with Crippen LogP contribution in [0.25, 0.3) is 0 Å². The Morgan fingerprint density at radius 1 is 1.26 bits per heavy atom. The molecule has 0 spiro atoms. The Morgan fingerprint density at radius 3 is 2.70 bits per heavy atom. The van der Waals surface area contributed by atoms with Crippen molar-refractivity contribution in [3.05, 3.63) is 30.1 Å². The number of piperazine rings is 1. The Morgan fingerprint density at radius 2 is 2.00 bits per heavy atom. The van der Waals surface area contributed by atoms with Crippen LogP contribution in [-0.4, -0.2) is 59.6 Å². The number of pyridine rings is 1. The molecule has 5 heteroatoms. The van der Waals surface area contributed by atoms with Gasteiger partial charge in [0.15, 0.2) is 0 Å². The van der Waals surface area contributed by atoms with Gasteiger partial charge in [0, 0.05) is 51.7 Å². The fourth-order valence-electron chi connectivity index (χ4n) is 3.63. The van der Waals surface area contributed by atoms with Gasteiger partial charge in [-0.2, -0.15) is 0 Å². The topological polar surface area (TPSA) is 45.7 Å². The first kappa shape index (κ1) is 16.4. The Bertz CT molecular complexity index is 500. The number of carbonyl (C=O) groups excluding carboxylic acids is 1. The lowest BCUT2D eigenvalue weighted by Gasteiger charge is -2.39. The fourth-order valence-corrected chi connectivity index (χ4v) is 3.63. The summed E-state index contributed by atoms with van der Waals surface area (Å²) in [6.45, 7) is 7.41. The van der Waals surface area contributed by atoms with Gasteiger partial charge in [-0.1, -0.05) is 6.92 Å². The number of rotatable bonds is 4. The zero-order valence-electron chi connectivity index (χ0n) is 14.0. The summed E-state index contributed by atoms with van der Waals surface area (Å²) in [6, 6.07) is 4.12. The summed E-state index contributed by atoms with van der Waals surface area (Å²) in [5.74, 6) is 0.376. The van der Waals surface area contributed by atoms with E-state index in [2.05, 4.69) is 28.9 Å². The molecule has 2 fully saturated rings. The van der Waals surface area contributed by atoms with E-state index in [0.29, 0.717) is 5.91 Å². The maximum absolute atomic E-state index is 12.8. The van der Waals surface area contributed by atoms with E-state index in [4.69, 9.17) is 4.74 Å². The van der Waals surface area contributed by atoms with Crippen molar-refractivity contribution < 1.29 is 9.53 Å². The SMILES string of the molecule is CC[C@H]1OCCC[C@@H]1C(=O)N1CCN(Cc2ccncc2)CC1. The third-order valence-electron chi connectivity index (χ3n) is 5.00. The molecular formula is C18H27N3O2. The summed E-state index contributed by atoms with van der Waals surface area (Å²) in [5, 5.41) is 0. The van der Waals surface area contributed by atoms with Gasteiger partial charge in [0.2, 0.25) is 5.91 Å². The first-order chi connectivity index (χ1) is 11.3. The van der Waals surface area contributed by atoms with Gasteiger partial charge in [0.05, 0.1) is 12.0 Å². The molecule has 2 atom stereocenters. The summed E-state index contributed by atoms with van der Waals surface area (Å²) in [6.07, 6.45) is 6.71. The highest BCUT2D eigenvalue weighted by atomic mass is 16.5. The summed E-state index contributed by atoms with van der Waals surface area (Å²) in [7, 11) is 0. The van der Waals surface area contributed by atoms with Crippen LogP contribution in [0.5, 0.6) is 0 Å². The number of hydrogen-bond donors (Lipinski definition) is 0. The monoisotopic (exact) mass is 317 g/mol. The third kappa shape index (κ3) is 4.09. The first-order valence-electron chi connectivity index (χ1n) is 8.79. The van der Waals surface area contributed by atoms with Crippen LogP contribution in [0.1, 0.15) is 31.7 Å². The normalized spacial score (nSPS) is 26.2. The van der Waals surface area contributed by atoms with Gasteiger partial charge in [-0.15, -0.1) is 0 Å². The van der Waals surface area contributed by atoms with E-state index in [1.54, 1.807) is 0 Å². The van der Waals surface area contributed by atoms with Gasteiger partial charge in [-0.3, -0.25) is 14.7 Å². The molecule has 1 aromatic rings. The zero-order chi connectivity index (χ0) is 16.1. The van der Waals surface area contributed by atoms with Crippen LogP contribution < -0.4 is 0 Å². The van der Waals surface area contributed by atoms with Crippen LogP contribution in [0, 0.1) is 5.92 Å². The van der Waals surface area contributed by atoms with Gasteiger partial charge < -0.3 is 9.64 Å². The van der Waals surface area contributed by atoms with Crippen molar-refractivity contribution in [2.24, 2.45) is 5.92 Å². The molecule has 0 saturated carbocycles. The molecule has 3 rings (SSSR count). The molecule has 5 nitrogen and oxygen atoms in total. The van der Waals surface area contributed by atoms with Crippen molar-refractivity contribution >= 4 is 5.91 Å². The Kier molecular flexibility index (Phi) is 5.62. The van der Waals surface area contributed by atoms with Crippen LogP contribution in [0.2, 0.25) is 0 Å². The predicted molar refractivity (Wildman–Crippen MR) is 88.8 cm³/mol. The van der Waals surface area contributed by atoms with E-state index in [0.717, 1.165) is 58.6 Å². The highest BCUT2D eigenvalue weighted by molar-refractivity contribution is 5.79. The van der Waals surface area contributed by atoms with E-state index in [1.165, 1.54) is 5.56 Å². The van der Waals surface area contributed by atoms with Crippen molar-refractivity contribution in [2.75, 3.05) is 32.8 Å². The minimum Gasteiger partial charge on any atom is -0.377 e. The molecule has 0 bridgehead atoms. The molecule has 126 valence electrons. The van der Waals surface area contributed by atoms with Crippen molar-refractivity contribution in [2.45, 2.75) is 38.8 Å². The van der Waals surface area contributed by atoms with Crippen LogP contribution in [0.15, 0.2) is 24.5 Å². The summed E-state index contributed by atoms with van der Waals surface area (Å²) < 4.78 is 5.79. The average Bonchev–Trinajstić information content (AvgIpc) is 2.62. The summed E-state index contributed by atoms with van der Waals surface area (Å²) in [4.78, 5) is 21.3. The van der Waals surface area contributed by atoms with Crippen LogP contribution >= 0.6 is 0 Å². The van der Waals surface area contributed by atoms with Crippen molar-refractivity contribution in [3.63, 3.8) is 0 Å². The molecule has 2 aliphatic heterocycles. The number of hydrogen-bond acceptors (Lipinski definition) is 4. The zero-order valence-corrected chi connectivity index (χ0v) is 14.0.